The van der Waals surface area contributed by atoms with Crippen molar-refractivity contribution in [1.82, 2.24) is 14.7 Å². The first-order valence-corrected chi connectivity index (χ1v) is 7.10. The van der Waals surface area contributed by atoms with E-state index in [2.05, 4.69) is 9.80 Å². The second-order valence-corrected chi connectivity index (χ2v) is 6.39. The Morgan fingerprint density at radius 1 is 1.15 bits per heavy atom. The highest BCUT2D eigenvalue weighted by Crippen LogP contribution is 2.22. The first-order chi connectivity index (χ1) is 9.22. The van der Waals surface area contributed by atoms with Crippen molar-refractivity contribution < 1.29 is 14.7 Å². The normalized spacial score (nSPS) is 17.6. The number of carbonyl (C=O) groups excluding carboxylic acids is 1. The lowest BCUT2D eigenvalue weighted by Gasteiger charge is -2.36. The first-order valence-electron chi connectivity index (χ1n) is 7.10. The van der Waals surface area contributed by atoms with E-state index < -0.39 is 11.4 Å². The Morgan fingerprint density at radius 3 is 2.15 bits per heavy atom. The Morgan fingerprint density at radius 2 is 1.70 bits per heavy atom. The average molecular weight is 285 g/mol. The lowest BCUT2D eigenvalue weighted by Crippen LogP contribution is -2.50. The molecule has 0 aliphatic carbocycles. The fourth-order valence-electron chi connectivity index (χ4n) is 2.13. The Balaban J connectivity index is 2.38. The number of rotatable bonds is 6. The first kappa shape index (κ1) is 16.9. The number of carboxylic acid groups (broad SMARTS) is 1. The van der Waals surface area contributed by atoms with Crippen molar-refractivity contribution in [3.63, 3.8) is 0 Å². The number of carbonyl (C=O) groups is 2. The molecular weight excluding hydrogens is 258 g/mol. The van der Waals surface area contributed by atoms with Crippen LogP contribution in [-0.2, 0) is 9.59 Å². The molecule has 1 heterocycles. The van der Waals surface area contributed by atoms with Crippen molar-refractivity contribution in [3.05, 3.63) is 0 Å². The summed E-state index contributed by atoms with van der Waals surface area (Å²) in [6.45, 7) is 8.35. The van der Waals surface area contributed by atoms with Crippen molar-refractivity contribution in [1.29, 1.82) is 0 Å². The topological polar surface area (TPSA) is 64.1 Å². The van der Waals surface area contributed by atoms with Crippen LogP contribution in [0.3, 0.4) is 0 Å². The molecule has 1 amide bonds. The van der Waals surface area contributed by atoms with Gasteiger partial charge < -0.3 is 14.9 Å². The van der Waals surface area contributed by atoms with Gasteiger partial charge in [-0.3, -0.25) is 14.5 Å². The van der Waals surface area contributed by atoms with E-state index in [4.69, 9.17) is 5.11 Å². The zero-order valence-electron chi connectivity index (χ0n) is 13.1. The van der Waals surface area contributed by atoms with E-state index in [1.807, 2.05) is 14.1 Å². The van der Waals surface area contributed by atoms with Gasteiger partial charge in [0.05, 0.1) is 5.41 Å². The molecule has 1 aliphatic heterocycles. The zero-order chi connectivity index (χ0) is 15.3. The van der Waals surface area contributed by atoms with E-state index in [1.54, 1.807) is 18.7 Å². The fourth-order valence-corrected chi connectivity index (χ4v) is 2.13. The molecular formula is C14H27N3O3. The highest BCUT2D eigenvalue weighted by atomic mass is 16.4. The standard InChI is InChI=1S/C14H27N3O3/c1-14(2,13(19)20)11-12(18)17-9-7-16(8-10-17)6-5-15(3)4/h5-11H2,1-4H3,(H,19,20). The SMILES string of the molecule is CN(C)CCN1CCN(C(=O)CC(C)(C)C(=O)O)CC1. The van der Waals surface area contributed by atoms with Gasteiger partial charge in [-0.25, -0.2) is 0 Å². The molecule has 20 heavy (non-hydrogen) atoms. The summed E-state index contributed by atoms with van der Waals surface area (Å²) >= 11 is 0. The van der Waals surface area contributed by atoms with Crippen molar-refractivity contribution >= 4 is 11.9 Å². The Hall–Kier alpha value is -1.14. The van der Waals surface area contributed by atoms with Gasteiger partial charge in [0.25, 0.3) is 0 Å². The van der Waals surface area contributed by atoms with E-state index in [9.17, 15) is 9.59 Å². The third-order valence-corrected chi connectivity index (χ3v) is 3.76. The Kier molecular flexibility index (Phi) is 5.95. The number of hydrogen-bond acceptors (Lipinski definition) is 4. The molecule has 0 atom stereocenters. The summed E-state index contributed by atoms with van der Waals surface area (Å²) in [6.07, 6.45) is 0.0695. The maximum atomic E-state index is 12.1. The number of hydrogen-bond donors (Lipinski definition) is 1. The molecule has 0 unspecified atom stereocenters. The molecule has 0 bridgehead atoms. The van der Waals surface area contributed by atoms with Gasteiger partial charge >= 0.3 is 5.97 Å². The van der Waals surface area contributed by atoms with Crippen LogP contribution in [0.4, 0.5) is 0 Å². The number of nitrogens with zero attached hydrogens (tertiary/aromatic N) is 3. The van der Waals surface area contributed by atoms with Crippen molar-refractivity contribution in [2.45, 2.75) is 20.3 Å². The van der Waals surface area contributed by atoms with Gasteiger partial charge in [-0.15, -0.1) is 0 Å². The number of aliphatic carboxylic acids is 1. The summed E-state index contributed by atoms with van der Waals surface area (Å²) in [5, 5.41) is 9.07. The minimum absolute atomic E-state index is 0.0512. The summed E-state index contributed by atoms with van der Waals surface area (Å²) in [4.78, 5) is 29.5. The Labute approximate surface area is 121 Å². The largest absolute Gasteiger partial charge is 0.481 e. The molecule has 0 radical (unpaired) electrons. The van der Waals surface area contributed by atoms with E-state index in [0.717, 1.165) is 26.2 Å². The molecule has 6 nitrogen and oxygen atoms in total. The van der Waals surface area contributed by atoms with Crippen molar-refractivity contribution in [3.8, 4) is 0 Å². The predicted octanol–water partition coefficient (Wildman–Crippen LogP) is 0.193. The third kappa shape index (κ3) is 5.09. The van der Waals surface area contributed by atoms with Crippen LogP contribution in [0.2, 0.25) is 0 Å². The lowest BCUT2D eigenvalue weighted by atomic mass is 9.89. The molecule has 1 rings (SSSR count). The number of likely N-dealkylation sites (N-methyl/N-ethyl adjacent to an activating group) is 1. The maximum Gasteiger partial charge on any atom is 0.309 e. The van der Waals surface area contributed by atoms with Crippen LogP contribution in [0.25, 0.3) is 0 Å². The van der Waals surface area contributed by atoms with Crippen molar-refractivity contribution in [2.24, 2.45) is 5.41 Å². The summed E-state index contributed by atoms with van der Waals surface area (Å²) in [6, 6.07) is 0. The van der Waals surface area contributed by atoms with Crippen LogP contribution in [-0.4, -0.2) is 85.0 Å². The van der Waals surface area contributed by atoms with Crippen LogP contribution in [0, 0.1) is 5.41 Å². The van der Waals surface area contributed by atoms with E-state index in [0.29, 0.717) is 13.1 Å². The second kappa shape index (κ2) is 7.04. The van der Waals surface area contributed by atoms with Crippen molar-refractivity contribution in [2.75, 3.05) is 53.4 Å². The molecule has 0 aromatic heterocycles. The van der Waals surface area contributed by atoms with Gasteiger partial charge in [-0.2, -0.15) is 0 Å². The molecule has 1 fully saturated rings. The number of carboxylic acids is 1. The molecule has 0 aromatic rings. The Bertz CT molecular complexity index is 348. The molecule has 1 N–H and O–H groups in total. The van der Waals surface area contributed by atoms with Gasteiger partial charge in [0.15, 0.2) is 0 Å². The lowest BCUT2D eigenvalue weighted by molar-refractivity contribution is -0.151. The minimum Gasteiger partial charge on any atom is -0.481 e. The van der Waals surface area contributed by atoms with Crippen LogP contribution in [0.5, 0.6) is 0 Å². The van der Waals surface area contributed by atoms with E-state index in [-0.39, 0.29) is 12.3 Å². The monoisotopic (exact) mass is 285 g/mol. The van der Waals surface area contributed by atoms with Crippen LogP contribution < -0.4 is 0 Å². The fraction of sp³-hybridized carbons (Fsp3) is 0.857. The molecule has 6 heteroatoms. The molecule has 1 saturated heterocycles. The molecule has 1 aliphatic rings. The summed E-state index contributed by atoms with van der Waals surface area (Å²) in [5.41, 5.74) is -0.987. The van der Waals surface area contributed by atoms with E-state index >= 15 is 0 Å². The van der Waals surface area contributed by atoms with Gasteiger partial charge in [0.2, 0.25) is 5.91 Å². The van der Waals surface area contributed by atoms with Gasteiger partial charge in [0, 0.05) is 45.7 Å². The number of amides is 1. The van der Waals surface area contributed by atoms with Gasteiger partial charge in [0.1, 0.15) is 0 Å². The van der Waals surface area contributed by atoms with E-state index in [1.165, 1.54) is 0 Å². The highest BCUT2D eigenvalue weighted by molar-refractivity contribution is 5.84. The third-order valence-electron chi connectivity index (χ3n) is 3.76. The summed E-state index contributed by atoms with van der Waals surface area (Å²) in [5.74, 6) is -0.972. The van der Waals surface area contributed by atoms with Gasteiger partial charge in [-0.05, 0) is 27.9 Å². The maximum absolute atomic E-state index is 12.1. The van der Waals surface area contributed by atoms with Crippen LogP contribution >= 0.6 is 0 Å². The summed E-state index contributed by atoms with van der Waals surface area (Å²) < 4.78 is 0. The number of piperazine rings is 1. The zero-order valence-corrected chi connectivity index (χ0v) is 13.1. The van der Waals surface area contributed by atoms with Crippen LogP contribution in [0.1, 0.15) is 20.3 Å². The minimum atomic E-state index is -0.987. The molecule has 116 valence electrons. The van der Waals surface area contributed by atoms with Crippen LogP contribution in [0.15, 0.2) is 0 Å². The molecule has 0 aromatic carbocycles. The molecule has 0 saturated carbocycles. The molecule has 0 spiro atoms. The second-order valence-electron chi connectivity index (χ2n) is 6.39. The summed E-state index contributed by atoms with van der Waals surface area (Å²) in [7, 11) is 4.10. The predicted molar refractivity (Wildman–Crippen MR) is 77.6 cm³/mol. The average Bonchev–Trinajstić information content (AvgIpc) is 2.36. The smallest absolute Gasteiger partial charge is 0.309 e. The quantitative estimate of drug-likeness (QED) is 0.755. The van der Waals surface area contributed by atoms with Gasteiger partial charge in [-0.1, -0.05) is 0 Å². The highest BCUT2D eigenvalue weighted by Gasteiger charge is 2.32.